The molecular formula is C22H24ClFN2O2. The Hall–Kier alpha value is -2.40. The van der Waals surface area contributed by atoms with Gasteiger partial charge in [0, 0.05) is 30.0 Å². The maximum absolute atomic E-state index is 13.6. The lowest BCUT2D eigenvalue weighted by Gasteiger charge is -2.26. The van der Waals surface area contributed by atoms with E-state index in [2.05, 4.69) is 5.16 Å². The Morgan fingerprint density at radius 1 is 1.29 bits per heavy atom. The van der Waals surface area contributed by atoms with Crippen molar-refractivity contribution < 1.29 is 14.0 Å². The van der Waals surface area contributed by atoms with Gasteiger partial charge in [0.25, 0.3) is 0 Å². The van der Waals surface area contributed by atoms with E-state index < -0.39 is 0 Å². The van der Waals surface area contributed by atoms with E-state index in [1.54, 1.807) is 11.0 Å². The molecule has 2 aromatic rings. The highest BCUT2D eigenvalue weighted by molar-refractivity contribution is 6.34. The van der Waals surface area contributed by atoms with Crippen LogP contribution in [-0.2, 0) is 16.2 Å². The second kappa shape index (κ2) is 9.20. The zero-order chi connectivity index (χ0) is 20.1. The summed E-state index contributed by atoms with van der Waals surface area (Å²) in [6, 6.07) is 13.8. The van der Waals surface area contributed by atoms with Crippen molar-refractivity contribution in [2.75, 3.05) is 6.54 Å². The monoisotopic (exact) mass is 402 g/mol. The van der Waals surface area contributed by atoms with Crippen molar-refractivity contribution in [1.29, 1.82) is 0 Å². The number of halogens is 2. The molecule has 3 rings (SSSR count). The van der Waals surface area contributed by atoms with Crippen LogP contribution in [0.2, 0.25) is 5.02 Å². The molecule has 2 aromatic carbocycles. The molecule has 0 aliphatic carbocycles. The van der Waals surface area contributed by atoms with Crippen LogP contribution in [0.1, 0.15) is 37.8 Å². The minimum atomic E-state index is -0.310. The Morgan fingerprint density at radius 2 is 2.07 bits per heavy atom. The minimum absolute atomic E-state index is 0.0223. The van der Waals surface area contributed by atoms with Crippen LogP contribution in [0, 0.1) is 11.7 Å². The number of oxime groups is 1. The van der Waals surface area contributed by atoms with Crippen molar-refractivity contribution >= 4 is 23.2 Å². The molecule has 4 nitrogen and oxygen atoms in total. The van der Waals surface area contributed by atoms with Crippen LogP contribution in [0.5, 0.6) is 0 Å². The second-order valence-corrected chi connectivity index (χ2v) is 7.86. The van der Waals surface area contributed by atoms with Gasteiger partial charge in [-0.05, 0) is 29.7 Å². The molecule has 0 aromatic heterocycles. The molecule has 1 aliphatic heterocycles. The molecule has 6 heteroatoms. The van der Waals surface area contributed by atoms with Crippen molar-refractivity contribution in [3.63, 3.8) is 0 Å². The van der Waals surface area contributed by atoms with Crippen LogP contribution in [-0.4, -0.2) is 29.2 Å². The summed E-state index contributed by atoms with van der Waals surface area (Å²) in [6.45, 7) is 4.73. The summed E-state index contributed by atoms with van der Waals surface area (Å²) in [6.07, 6.45) is 0.745. The van der Waals surface area contributed by atoms with E-state index in [9.17, 15) is 9.18 Å². The second-order valence-electron chi connectivity index (χ2n) is 7.45. The first-order chi connectivity index (χ1) is 13.4. The summed E-state index contributed by atoms with van der Waals surface area (Å²) >= 11 is 6.25. The number of nitrogens with zero attached hydrogens (tertiary/aromatic N) is 2. The summed E-state index contributed by atoms with van der Waals surface area (Å²) in [4.78, 5) is 20.1. The topological polar surface area (TPSA) is 41.9 Å². The van der Waals surface area contributed by atoms with E-state index in [-0.39, 0.29) is 23.7 Å². The molecular weight excluding hydrogens is 379 g/mol. The number of rotatable bonds is 7. The quantitative estimate of drug-likeness (QED) is 0.650. The van der Waals surface area contributed by atoms with Gasteiger partial charge in [-0.25, -0.2) is 4.39 Å². The highest BCUT2D eigenvalue weighted by Crippen LogP contribution is 2.24. The highest BCUT2D eigenvalue weighted by atomic mass is 35.5. The molecule has 1 aliphatic rings. The van der Waals surface area contributed by atoms with Crippen LogP contribution in [0.25, 0.3) is 0 Å². The molecule has 1 amide bonds. The fraction of sp³-hybridized carbons (Fsp3) is 0.364. The number of hydrogen-bond acceptors (Lipinski definition) is 3. The van der Waals surface area contributed by atoms with Crippen LogP contribution >= 0.6 is 11.6 Å². The van der Waals surface area contributed by atoms with E-state index >= 15 is 0 Å². The third-order valence-electron chi connectivity index (χ3n) is 4.54. The van der Waals surface area contributed by atoms with Gasteiger partial charge in [-0.15, -0.1) is 0 Å². The first-order valence-corrected chi connectivity index (χ1v) is 9.80. The predicted molar refractivity (Wildman–Crippen MR) is 109 cm³/mol. The smallest absolute Gasteiger partial charge is 0.223 e. The van der Waals surface area contributed by atoms with Gasteiger partial charge in [0.15, 0.2) is 6.10 Å². The predicted octanol–water partition coefficient (Wildman–Crippen LogP) is 5.05. The van der Waals surface area contributed by atoms with Gasteiger partial charge in [0.2, 0.25) is 5.91 Å². The van der Waals surface area contributed by atoms with Gasteiger partial charge in [-0.3, -0.25) is 4.79 Å². The zero-order valence-corrected chi connectivity index (χ0v) is 16.8. The van der Waals surface area contributed by atoms with Crippen LogP contribution in [0.3, 0.4) is 0 Å². The molecule has 0 fully saturated rings. The summed E-state index contributed by atoms with van der Waals surface area (Å²) in [7, 11) is 0. The van der Waals surface area contributed by atoms with E-state index in [0.29, 0.717) is 31.0 Å². The minimum Gasteiger partial charge on any atom is -0.390 e. The molecule has 0 unspecified atom stereocenters. The molecule has 0 bridgehead atoms. The Bertz CT molecular complexity index is 869. The van der Waals surface area contributed by atoms with Crippen molar-refractivity contribution in [3.05, 3.63) is 70.5 Å². The van der Waals surface area contributed by atoms with Crippen LogP contribution in [0.4, 0.5) is 4.39 Å². The van der Waals surface area contributed by atoms with Gasteiger partial charge in [0.1, 0.15) is 5.82 Å². The molecule has 1 atom stereocenters. The highest BCUT2D eigenvalue weighted by Gasteiger charge is 2.28. The van der Waals surface area contributed by atoms with Crippen molar-refractivity contribution in [2.45, 2.75) is 39.3 Å². The summed E-state index contributed by atoms with van der Waals surface area (Å²) in [5.74, 6) is -0.0498. The normalized spacial score (nSPS) is 16.0. The maximum atomic E-state index is 13.6. The molecule has 0 saturated carbocycles. The zero-order valence-electron chi connectivity index (χ0n) is 16.1. The average molecular weight is 403 g/mol. The third kappa shape index (κ3) is 5.32. The molecule has 148 valence electrons. The van der Waals surface area contributed by atoms with Crippen LogP contribution < -0.4 is 0 Å². The first-order valence-electron chi connectivity index (χ1n) is 9.42. The van der Waals surface area contributed by atoms with Gasteiger partial charge < -0.3 is 9.74 Å². The first kappa shape index (κ1) is 20.3. The molecule has 0 spiro atoms. The van der Waals surface area contributed by atoms with E-state index in [1.165, 1.54) is 12.1 Å². The standard InChI is InChI=1S/C22H24ClFN2O2/c1-15(2)10-22(27)26(13-16-6-5-7-17(24)11-16)14-18-12-21(25-28-18)19-8-3-4-9-20(19)23/h3-9,11,15,18H,10,12-14H2,1-2H3/t18-/m0/s1. The van der Waals surface area contributed by atoms with Gasteiger partial charge in [0.05, 0.1) is 12.3 Å². The molecule has 1 heterocycles. The average Bonchev–Trinajstić information content (AvgIpc) is 3.09. The number of carbonyl (C=O) groups is 1. The fourth-order valence-electron chi connectivity index (χ4n) is 3.21. The van der Waals surface area contributed by atoms with E-state index in [4.69, 9.17) is 16.4 Å². The lowest BCUT2D eigenvalue weighted by Crippen LogP contribution is -2.37. The Kier molecular flexibility index (Phi) is 6.68. The molecule has 0 radical (unpaired) electrons. The molecule has 28 heavy (non-hydrogen) atoms. The number of amides is 1. The number of carbonyl (C=O) groups excluding carboxylic acids is 1. The third-order valence-corrected chi connectivity index (χ3v) is 4.87. The van der Waals surface area contributed by atoms with Gasteiger partial charge in [-0.1, -0.05) is 60.9 Å². The molecule has 0 saturated heterocycles. The number of benzene rings is 2. The maximum Gasteiger partial charge on any atom is 0.223 e. The van der Waals surface area contributed by atoms with Gasteiger partial charge >= 0.3 is 0 Å². The Balaban J connectivity index is 1.69. The Morgan fingerprint density at radius 3 is 2.79 bits per heavy atom. The van der Waals surface area contributed by atoms with Crippen molar-refractivity contribution in [1.82, 2.24) is 4.90 Å². The number of hydrogen-bond donors (Lipinski definition) is 0. The lowest BCUT2D eigenvalue weighted by molar-refractivity contribution is -0.134. The van der Waals surface area contributed by atoms with Crippen molar-refractivity contribution in [3.8, 4) is 0 Å². The van der Waals surface area contributed by atoms with E-state index in [0.717, 1.165) is 16.8 Å². The summed E-state index contributed by atoms with van der Waals surface area (Å²) < 4.78 is 13.6. The Labute approximate surface area is 169 Å². The SMILES string of the molecule is CC(C)CC(=O)N(Cc1cccc(F)c1)C[C@@H]1CC(c2ccccc2Cl)=NO1. The largest absolute Gasteiger partial charge is 0.390 e. The van der Waals surface area contributed by atoms with E-state index in [1.807, 2.05) is 44.2 Å². The van der Waals surface area contributed by atoms with Crippen LogP contribution in [0.15, 0.2) is 53.7 Å². The molecule has 0 N–H and O–H groups in total. The summed E-state index contributed by atoms with van der Waals surface area (Å²) in [5.41, 5.74) is 2.37. The summed E-state index contributed by atoms with van der Waals surface area (Å²) in [5, 5.41) is 4.80. The van der Waals surface area contributed by atoms with Crippen molar-refractivity contribution in [2.24, 2.45) is 11.1 Å². The lowest BCUT2D eigenvalue weighted by atomic mass is 10.0. The fourth-order valence-corrected chi connectivity index (χ4v) is 3.46. The van der Waals surface area contributed by atoms with Gasteiger partial charge in [-0.2, -0.15) is 0 Å².